The second kappa shape index (κ2) is 20.8. The molecule has 5 aromatic rings. The standard InChI is InChI=1S/C42H42ClN5O7S.C2HF3O2/c43-33-10-8-31(9-11-33)39-7-2-1-4-32(39)29-46-20-22-47(23-21-46)35-14-17-40(41(27-35)55-37-6-3-5-36(26-37)48(50)51)42(49)45-56(52,53)38-15-12-34(13-16-38)44-28-30-18-24-54-25-19-30;3-2(4,5)1(6)7/h1-17,26-27,30,44H,18-25,28-29H2,(H,45,49);(H,6,7). The van der Waals surface area contributed by atoms with Crippen molar-refractivity contribution < 1.29 is 50.7 Å². The maximum atomic E-state index is 13.7. The van der Waals surface area contributed by atoms with Crippen molar-refractivity contribution in [3.8, 4) is 22.6 Å². The fourth-order valence-corrected chi connectivity index (χ4v) is 8.03. The molecule has 0 saturated carbocycles. The summed E-state index contributed by atoms with van der Waals surface area (Å²) in [5, 5.41) is 22.7. The van der Waals surface area contributed by atoms with Gasteiger partial charge in [-0.25, -0.2) is 17.9 Å². The molecule has 0 aliphatic carbocycles. The summed E-state index contributed by atoms with van der Waals surface area (Å²) >= 11 is 6.14. The van der Waals surface area contributed by atoms with Crippen molar-refractivity contribution in [1.29, 1.82) is 0 Å². The molecule has 2 heterocycles. The van der Waals surface area contributed by atoms with E-state index in [2.05, 4.69) is 32.0 Å². The van der Waals surface area contributed by atoms with E-state index < -0.39 is 33.0 Å². The van der Waals surface area contributed by atoms with Crippen molar-refractivity contribution in [2.75, 3.05) is 56.2 Å². The first-order valence-corrected chi connectivity index (χ1v) is 21.6. The molecule has 2 aliphatic rings. The lowest BCUT2D eigenvalue weighted by molar-refractivity contribution is -0.384. The highest BCUT2D eigenvalue weighted by atomic mass is 35.5. The number of benzene rings is 5. The number of piperazine rings is 1. The van der Waals surface area contributed by atoms with Gasteiger partial charge in [0.05, 0.1) is 21.4 Å². The molecule has 2 fully saturated rings. The third-order valence-electron chi connectivity index (χ3n) is 10.3. The fourth-order valence-electron chi connectivity index (χ4n) is 6.94. The Labute approximate surface area is 366 Å². The molecule has 0 spiro atoms. The second-order valence-electron chi connectivity index (χ2n) is 14.7. The Morgan fingerprint density at radius 1 is 0.889 bits per heavy atom. The van der Waals surface area contributed by atoms with E-state index in [4.69, 9.17) is 31.0 Å². The lowest BCUT2D eigenvalue weighted by Gasteiger charge is -2.36. The van der Waals surface area contributed by atoms with Crippen LogP contribution in [-0.4, -0.2) is 87.3 Å². The minimum absolute atomic E-state index is 0.0454. The Hall–Kier alpha value is -6.21. The van der Waals surface area contributed by atoms with Gasteiger partial charge in [0.15, 0.2) is 0 Å². The summed E-state index contributed by atoms with van der Waals surface area (Å²) < 4.78 is 72.3. The zero-order chi connectivity index (χ0) is 45.1. The summed E-state index contributed by atoms with van der Waals surface area (Å²) in [5.41, 5.74) is 4.76. The smallest absolute Gasteiger partial charge is 0.475 e. The number of amides is 1. The molecule has 0 bridgehead atoms. The number of carboxylic acid groups (broad SMARTS) is 1. The van der Waals surface area contributed by atoms with Crippen LogP contribution in [0.2, 0.25) is 5.02 Å². The number of hydrogen-bond acceptors (Lipinski definition) is 11. The van der Waals surface area contributed by atoms with Crippen LogP contribution in [-0.2, 0) is 26.1 Å². The molecule has 7 rings (SSSR count). The molecule has 0 aromatic heterocycles. The first-order valence-electron chi connectivity index (χ1n) is 19.7. The molecule has 14 nitrogen and oxygen atoms in total. The molecule has 0 atom stereocenters. The van der Waals surface area contributed by atoms with Crippen molar-refractivity contribution >= 4 is 50.6 Å². The minimum atomic E-state index is -5.08. The topological polar surface area (TPSA) is 181 Å². The quantitative estimate of drug-likeness (QED) is 0.0757. The molecule has 2 saturated heterocycles. The van der Waals surface area contributed by atoms with E-state index in [1.54, 1.807) is 24.3 Å². The fraction of sp³-hybridized carbons (Fsp3) is 0.273. The number of aliphatic carboxylic acids is 1. The number of rotatable bonds is 13. The number of nitro benzene ring substituents is 1. The van der Waals surface area contributed by atoms with Gasteiger partial charge in [0.2, 0.25) is 0 Å². The number of nitro groups is 1. The Bertz CT molecular complexity index is 2500. The van der Waals surface area contributed by atoms with Gasteiger partial charge in [-0.2, -0.15) is 13.2 Å². The number of ether oxygens (including phenoxy) is 2. The van der Waals surface area contributed by atoms with Crippen molar-refractivity contribution in [1.82, 2.24) is 9.62 Å². The van der Waals surface area contributed by atoms with Gasteiger partial charge in [-0.1, -0.05) is 54.1 Å². The van der Waals surface area contributed by atoms with E-state index in [0.29, 0.717) is 24.0 Å². The lowest BCUT2D eigenvalue weighted by atomic mass is 9.99. The molecule has 0 radical (unpaired) electrons. The van der Waals surface area contributed by atoms with Crippen LogP contribution in [0, 0.1) is 16.0 Å². The number of carbonyl (C=O) groups is 2. The van der Waals surface area contributed by atoms with Gasteiger partial charge in [0.25, 0.3) is 21.6 Å². The zero-order valence-electron chi connectivity index (χ0n) is 33.6. The van der Waals surface area contributed by atoms with Gasteiger partial charge in [-0.15, -0.1) is 0 Å². The highest BCUT2D eigenvalue weighted by Crippen LogP contribution is 2.33. The number of anilines is 2. The van der Waals surface area contributed by atoms with Crippen LogP contribution in [0.3, 0.4) is 0 Å². The maximum Gasteiger partial charge on any atom is 0.490 e. The number of hydrogen-bond donors (Lipinski definition) is 3. The van der Waals surface area contributed by atoms with Crippen molar-refractivity contribution in [2.24, 2.45) is 5.92 Å². The van der Waals surface area contributed by atoms with Crippen molar-refractivity contribution in [3.05, 3.63) is 142 Å². The van der Waals surface area contributed by atoms with E-state index in [-0.39, 0.29) is 27.6 Å². The van der Waals surface area contributed by atoms with Crippen LogP contribution in [0.5, 0.6) is 11.5 Å². The number of carbonyl (C=O) groups excluding carboxylic acids is 1. The summed E-state index contributed by atoms with van der Waals surface area (Å²) in [7, 11) is -4.26. The van der Waals surface area contributed by atoms with Gasteiger partial charge in [-0.3, -0.25) is 19.8 Å². The van der Waals surface area contributed by atoms with Gasteiger partial charge < -0.3 is 24.8 Å². The summed E-state index contributed by atoms with van der Waals surface area (Å²) in [6, 6.07) is 32.9. The molecule has 2 aliphatic heterocycles. The molecular formula is C44H43ClF3N5O9S. The molecule has 5 aromatic carbocycles. The SMILES string of the molecule is O=C(NS(=O)(=O)c1ccc(NCC2CCOCC2)cc1)c1ccc(N2CCN(Cc3ccccc3-c3ccc(Cl)cc3)CC2)cc1Oc1cccc([N+](=O)[O-])c1.O=C(O)C(F)(F)F. The number of sulfonamides is 1. The first kappa shape index (κ1) is 46.3. The molecular weight excluding hydrogens is 867 g/mol. The monoisotopic (exact) mass is 909 g/mol. The van der Waals surface area contributed by atoms with Gasteiger partial charge >= 0.3 is 12.1 Å². The summed E-state index contributed by atoms with van der Waals surface area (Å²) in [4.78, 5) is 38.0. The van der Waals surface area contributed by atoms with Crippen LogP contribution >= 0.6 is 11.6 Å². The third kappa shape index (κ3) is 12.9. The van der Waals surface area contributed by atoms with E-state index in [1.807, 2.05) is 36.4 Å². The van der Waals surface area contributed by atoms with Gasteiger partial charge in [-0.05, 0) is 90.0 Å². The van der Waals surface area contributed by atoms with E-state index in [0.717, 1.165) is 74.7 Å². The molecule has 1 amide bonds. The number of nitrogens with zero attached hydrogens (tertiary/aromatic N) is 3. The molecule has 0 unspecified atom stereocenters. The van der Waals surface area contributed by atoms with E-state index in [9.17, 15) is 36.5 Å². The minimum Gasteiger partial charge on any atom is -0.475 e. The Balaban J connectivity index is 0.000000871. The van der Waals surface area contributed by atoms with Crippen molar-refractivity contribution in [3.63, 3.8) is 0 Å². The zero-order valence-corrected chi connectivity index (χ0v) is 35.2. The Morgan fingerprint density at radius 2 is 1.56 bits per heavy atom. The summed E-state index contributed by atoms with van der Waals surface area (Å²) in [6.45, 7) is 5.88. The lowest BCUT2D eigenvalue weighted by Crippen LogP contribution is -2.46. The molecule has 63 heavy (non-hydrogen) atoms. The average molecular weight is 910 g/mol. The van der Waals surface area contributed by atoms with Crippen LogP contribution in [0.4, 0.5) is 30.2 Å². The van der Waals surface area contributed by atoms with Gasteiger partial charge in [0, 0.05) is 81.0 Å². The predicted molar refractivity (Wildman–Crippen MR) is 231 cm³/mol. The van der Waals surface area contributed by atoms with Crippen molar-refractivity contribution in [2.45, 2.75) is 30.5 Å². The number of alkyl halides is 3. The van der Waals surface area contributed by atoms with Crippen LogP contribution in [0.1, 0.15) is 28.8 Å². The average Bonchev–Trinajstić information content (AvgIpc) is 3.27. The second-order valence-corrected chi connectivity index (χ2v) is 16.8. The number of carboxylic acids is 1. The summed E-state index contributed by atoms with van der Waals surface area (Å²) in [5.74, 6) is -2.99. The molecule has 332 valence electrons. The van der Waals surface area contributed by atoms with Crippen LogP contribution in [0.15, 0.2) is 120 Å². The molecule has 19 heteroatoms. The Morgan fingerprint density at radius 3 is 2.21 bits per heavy atom. The van der Waals surface area contributed by atoms with Crippen LogP contribution < -0.4 is 19.7 Å². The normalized spacial score (nSPS) is 14.8. The Kier molecular flexibility index (Phi) is 15.3. The number of nitrogens with one attached hydrogen (secondary N) is 2. The van der Waals surface area contributed by atoms with E-state index >= 15 is 0 Å². The molecule has 3 N–H and O–H groups in total. The van der Waals surface area contributed by atoms with Crippen LogP contribution in [0.25, 0.3) is 11.1 Å². The number of halogens is 4. The third-order valence-corrected chi connectivity index (χ3v) is 11.9. The largest absolute Gasteiger partial charge is 0.490 e. The summed E-state index contributed by atoms with van der Waals surface area (Å²) in [6.07, 6.45) is -3.14. The van der Waals surface area contributed by atoms with E-state index in [1.165, 1.54) is 48.0 Å². The first-order chi connectivity index (χ1) is 30.1. The maximum absolute atomic E-state index is 13.7. The highest BCUT2D eigenvalue weighted by Gasteiger charge is 2.38. The highest BCUT2D eigenvalue weighted by molar-refractivity contribution is 7.90. The number of non-ortho nitro benzene ring substituents is 1. The van der Waals surface area contributed by atoms with Gasteiger partial charge in [0.1, 0.15) is 11.5 Å². The predicted octanol–water partition coefficient (Wildman–Crippen LogP) is 8.62.